The van der Waals surface area contributed by atoms with E-state index >= 15 is 0 Å². The second-order valence-corrected chi connectivity index (χ2v) is 6.63. The molecule has 2 atom stereocenters. The normalized spacial score (nSPS) is 30.1. The smallest absolute Gasteiger partial charge is 0.000653 e. The van der Waals surface area contributed by atoms with Gasteiger partial charge >= 0.3 is 0 Å². The molecule has 0 spiro atoms. The Labute approximate surface area is 111 Å². The summed E-state index contributed by atoms with van der Waals surface area (Å²) in [5.74, 6) is 1.39. The van der Waals surface area contributed by atoms with E-state index in [-0.39, 0.29) is 0 Å². The number of benzene rings is 1. The predicted octanol–water partition coefficient (Wildman–Crippen LogP) is 5.28. The van der Waals surface area contributed by atoms with Crippen LogP contribution in [0.25, 0.3) is 6.08 Å². The summed E-state index contributed by atoms with van der Waals surface area (Å²) >= 11 is 0. The summed E-state index contributed by atoms with van der Waals surface area (Å²) in [5, 5.41) is 0. The summed E-state index contributed by atoms with van der Waals surface area (Å²) in [6.45, 7) is 7.03. The maximum absolute atomic E-state index is 2.48. The lowest BCUT2D eigenvalue weighted by Gasteiger charge is -2.44. The van der Waals surface area contributed by atoms with Crippen LogP contribution < -0.4 is 0 Å². The van der Waals surface area contributed by atoms with Gasteiger partial charge in [0.15, 0.2) is 0 Å². The van der Waals surface area contributed by atoms with Gasteiger partial charge in [0.1, 0.15) is 0 Å². The first-order valence-electron chi connectivity index (χ1n) is 7.44. The molecule has 1 fully saturated rings. The van der Waals surface area contributed by atoms with Crippen LogP contribution in [0.1, 0.15) is 69.1 Å². The molecule has 0 N–H and O–H groups in total. The van der Waals surface area contributed by atoms with E-state index in [9.17, 15) is 0 Å². The Morgan fingerprint density at radius 1 is 1.22 bits per heavy atom. The van der Waals surface area contributed by atoms with Crippen LogP contribution in [-0.4, -0.2) is 0 Å². The van der Waals surface area contributed by atoms with E-state index in [1.54, 1.807) is 5.56 Å². The molecule has 0 heteroatoms. The van der Waals surface area contributed by atoms with Crippen molar-refractivity contribution in [2.24, 2.45) is 5.92 Å². The van der Waals surface area contributed by atoms with Crippen LogP contribution in [0, 0.1) is 5.92 Å². The summed E-state index contributed by atoms with van der Waals surface area (Å²) in [6, 6.07) is 7.17. The highest BCUT2D eigenvalue weighted by molar-refractivity contribution is 5.61. The van der Waals surface area contributed by atoms with Crippen molar-refractivity contribution in [2.75, 3.05) is 0 Å². The zero-order valence-electron chi connectivity index (χ0n) is 11.9. The molecule has 0 nitrogen and oxygen atoms in total. The number of hydrogen-bond acceptors (Lipinski definition) is 0. The minimum Gasteiger partial charge on any atom is -0.0799 e. The van der Waals surface area contributed by atoms with Crippen molar-refractivity contribution >= 4 is 6.08 Å². The van der Waals surface area contributed by atoms with Crippen molar-refractivity contribution in [1.29, 1.82) is 0 Å². The fourth-order valence-corrected chi connectivity index (χ4v) is 3.82. The Kier molecular flexibility index (Phi) is 2.84. The van der Waals surface area contributed by atoms with Crippen LogP contribution in [0.3, 0.4) is 0 Å². The van der Waals surface area contributed by atoms with Crippen molar-refractivity contribution in [3.8, 4) is 0 Å². The van der Waals surface area contributed by atoms with Crippen molar-refractivity contribution < 1.29 is 0 Å². The lowest BCUT2D eigenvalue weighted by molar-refractivity contribution is 0.245. The second kappa shape index (κ2) is 4.26. The molecule has 2 unspecified atom stereocenters. The van der Waals surface area contributed by atoms with E-state index in [1.807, 2.05) is 0 Å². The minimum atomic E-state index is 0.401. The molecular formula is C18H24. The van der Waals surface area contributed by atoms with Gasteiger partial charge in [0.25, 0.3) is 0 Å². The molecule has 3 rings (SSSR count). The molecule has 0 bridgehead atoms. The Bertz CT molecular complexity index is 481. The quantitative estimate of drug-likeness (QED) is 0.626. The van der Waals surface area contributed by atoms with Gasteiger partial charge in [-0.1, -0.05) is 64.0 Å². The van der Waals surface area contributed by atoms with Gasteiger partial charge in [-0.15, -0.1) is 0 Å². The van der Waals surface area contributed by atoms with E-state index in [1.165, 1.54) is 36.8 Å². The third-order valence-corrected chi connectivity index (χ3v) is 5.15. The van der Waals surface area contributed by atoms with Crippen LogP contribution in [-0.2, 0) is 5.41 Å². The van der Waals surface area contributed by atoms with Gasteiger partial charge in [0.05, 0.1) is 0 Å². The fourth-order valence-electron chi connectivity index (χ4n) is 3.82. The van der Waals surface area contributed by atoms with Gasteiger partial charge in [0.2, 0.25) is 0 Å². The highest BCUT2D eigenvalue weighted by Crippen LogP contribution is 2.48. The zero-order chi connectivity index (χ0) is 12.8. The van der Waals surface area contributed by atoms with Crippen molar-refractivity contribution in [3.05, 3.63) is 41.0 Å². The van der Waals surface area contributed by atoms with Crippen LogP contribution in [0.4, 0.5) is 0 Å². The first-order chi connectivity index (χ1) is 8.61. The summed E-state index contributed by atoms with van der Waals surface area (Å²) in [4.78, 5) is 0. The highest BCUT2D eigenvalue weighted by atomic mass is 14.4. The lowest BCUT2D eigenvalue weighted by Crippen LogP contribution is -2.36. The minimum absolute atomic E-state index is 0.401. The largest absolute Gasteiger partial charge is 0.0799 e. The average molecular weight is 240 g/mol. The van der Waals surface area contributed by atoms with Crippen molar-refractivity contribution in [3.63, 3.8) is 0 Å². The summed E-state index contributed by atoms with van der Waals surface area (Å²) < 4.78 is 0. The topological polar surface area (TPSA) is 0 Å². The van der Waals surface area contributed by atoms with E-state index in [2.05, 4.69) is 51.1 Å². The van der Waals surface area contributed by atoms with Gasteiger partial charge in [-0.05, 0) is 46.8 Å². The van der Waals surface area contributed by atoms with Gasteiger partial charge < -0.3 is 0 Å². The van der Waals surface area contributed by atoms with E-state index in [4.69, 9.17) is 0 Å². The van der Waals surface area contributed by atoms with E-state index in [0.29, 0.717) is 11.3 Å². The summed E-state index contributed by atoms with van der Waals surface area (Å²) in [6.07, 6.45) is 10.4. The van der Waals surface area contributed by atoms with Gasteiger partial charge in [-0.25, -0.2) is 0 Å². The fraction of sp³-hybridized carbons (Fsp3) is 0.556. The van der Waals surface area contributed by atoms with Crippen molar-refractivity contribution in [1.82, 2.24) is 0 Å². The number of rotatable bonds is 1. The molecule has 0 amide bonds. The van der Waals surface area contributed by atoms with Crippen molar-refractivity contribution in [2.45, 2.75) is 57.8 Å². The maximum atomic E-state index is 2.48. The Hall–Kier alpha value is -1.04. The first-order valence-corrected chi connectivity index (χ1v) is 7.44. The van der Waals surface area contributed by atoms with Gasteiger partial charge in [-0.3, -0.25) is 0 Å². The second-order valence-electron chi connectivity index (χ2n) is 6.63. The average Bonchev–Trinajstić information content (AvgIpc) is 2.37. The molecule has 0 aliphatic heterocycles. The highest BCUT2D eigenvalue weighted by Gasteiger charge is 2.39. The monoisotopic (exact) mass is 240 g/mol. The molecule has 96 valence electrons. The molecule has 2 aliphatic rings. The molecule has 2 aliphatic carbocycles. The number of allylic oxidation sites excluding steroid dienone is 1. The maximum Gasteiger partial charge on any atom is -0.000653 e. The predicted molar refractivity (Wildman–Crippen MR) is 78.9 cm³/mol. The molecule has 0 radical (unpaired) electrons. The van der Waals surface area contributed by atoms with Gasteiger partial charge in [-0.2, -0.15) is 0 Å². The third kappa shape index (κ3) is 1.74. The summed E-state index contributed by atoms with van der Waals surface area (Å²) in [7, 11) is 0. The molecular weight excluding hydrogens is 216 g/mol. The molecule has 1 saturated carbocycles. The number of fused-ring (bicyclic) bond motifs is 3. The van der Waals surface area contributed by atoms with Crippen LogP contribution in [0.2, 0.25) is 0 Å². The van der Waals surface area contributed by atoms with Crippen LogP contribution >= 0.6 is 0 Å². The SMILES string of the molecule is CC(C)c1ccc2c(c1)C=CC1CCCCC21C. The molecule has 1 aromatic rings. The van der Waals surface area contributed by atoms with Crippen LogP contribution in [0.5, 0.6) is 0 Å². The summed E-state index contributed by atoms with van der Waals surface area (Å²) in [5.41, 5.74) is 4.94. The standard InChI is InChI=1S/C18H24/c1-13(2)14-8-10-17-15(12-14)7-9-16-6-4-5-11-18(16,17)3/h7-10,12-13,16H,4-6,11H2,1-3H3. The molecule has 18 heavy (non-hydrogen) atoms. The number of hydrogen-bond donors (Lipinski definition) is 0. The molecule has 1 aromatic carbocycles. The van der Waals surface area contributed by atoms with E-state index < -0.39 is 0 Å². The van der Waals surface area contributed by atoms with Crippen LogP contribution in [0.15, 0.2) is 24.3 Å². The lowest BCUT2D eigenvalue weighted by atomic mass is 9.60. The Balaban J connectivity index is 2.08. The third-order valence-electron chi connectivity index (χ3n) is 5.15. The molecule has 0 aromatic heterocycles. The Morgan fingerprint density at radius 3 is 2.83 bits per heavy atom. The first kappa shape index (κ1) is 12.0. The zero-order valence-corrected chi connectivity index (χ0v) is 11.9. The van der Waals surface area contributed by atoms with Gasteiger partial charge in [0, 0.05) is 0 Å². The molecule has 0 saturated heterocycles. The molecule has 0 heterocycles. The Morgan fingerprint density at radius 2 is 2.06 bits per heavy atom. The van der Waals surface area contributed by atoms with E-state index in [0.717, 1.165) is 5.92 Å².